The molecule has 0 aromatic heterocycles. The van der Waals surface area contributed by atoms with E-state index in [9.17, 15) is 10.2 Å². The van der Waals surface area contributed by atoms with E-state index >= 15 is 0 Å². The summed E-state index contributed by atoms with van der Waals surface area (Å²) < 4.78 is 0. The van der Waals surface area contributed by atoms with Crippen LogP contribution in [0.15, 0.2) is 36.4 Å². The number of aryl methyl sites for hydroxylation is 1. The van der Waals surface area contributed by atoms with Gasteiger partial charge in [0.2, 0.25) is 0 Å². The highest BCUT2D eigenvalue weighted by Crippen LogP contribution is 2.28. The Labute approximate surface area is 147 Å². The van der Waals surface area contributed by atoms with Crippen molar-refractivity contribution in [3.05, 3.63) is 47.6 Å². The normalized spacial score (nSPS) is 11.8. The quantitative estimate of drug-likeness (QED) is 0.335. The predicted molar refractivity (Wildman–Crippen MR) is 104 cm³/mol. The maximum absolute atomic E-state index is 9.72. The maximum atomic E-state index is 9.72. The molecule has 0 amide bonds. The molecule has 0 heterocycles. The van der Waals surface area contributed by atoms with Gasteiger partial charge in [-0.15, -0.1) is 0 Å². The highest BCUT2D eigenvalue weighted by Gasteiger charge is 2.05. The lowest BCUT2D eigenvalue weighted by Gasteiger charge is -2.07. The third kappa shape index (κ3) is 8.81. The Bertz CT molecular complexity index is 492. The summed E-state index contributed by atoms with van der Waals surface area (Å²) in [6.45, 7) is 3.92. The van der Waals surface area contributed by atoms with Crippen LogP contribution in [0.4, 0.5) is 0 Å². The minimum atomic E-state index is 0.197. The Hall–Kier alpha value is -1.70. The Morgan fingerprint density at radius 3 is 1.96 bits per heavy atom. The predicted octanol–water partition coefficient (Wildman–Crippen LogP) is 6.59. The number of rotatable bonds is 12. The van der Waals surface area contributed by atoms with Crippen molar-refractivity contribution >= 4 is 0 Å². The van der Waals surface area contributed by atoms with Gasteiger partial charge in [-0.1, -0.05) is 63.3 Å². The van der Waals surface area contributed by atoms with Crippen molar-refractivity contribution in [1.29, 1.82) is 0 Å². The van der Waals surface area contributed by atoms with Crippen LogP contribution < -0.4 is 0 Å². The first kappa shape index (κ1) is 20.3. The molecule has 0 radical (unpaired) electrons. The Morgan fingerprint density at radius 1 is 0.792 bits per heavy atom. The van der Waals surface area contributed by atoms with Crippen LogP contribution in [0.2, 0.25) is 0 Å². The second-order valence-corrected chi connectivity index (χ2v) is 6.56. The number of hydrogen-bond acceptors (Lipinski definition) is 2. The first-order valence-corrected chi connectivity index (χ1v) is 9.48. The molecule has 0 fully saturated rings. The molecule has 0 saturated heterocycles. The molecule has 134 valence electrons. The molecule has 2 nitrogen and oxygen atoms in total. The monoisotopic (exact) mass is 330 g/mol. The highest BCUT2D eigenvalue weighted by atomic mass is 16.3. The number of unbranched alkanes of at least 4 members (excludes halogenated alkanes) is 7. The van der Waals surface area contributed by atoms with Gasteiger partial charge in [-0.25, -0.2) is 0 Å². The van der Waals surface area contributed by atoms with E-state index in [-0.39, 0.29) is 11.5 Å². The van der Waals surface area contributed by atoms with Gasteiger partial charge in [-0.3, -0.25) is 0 Å². The number of benzene rings is 1. The first-order chi connectivity index (χ1) is 11.6. The molecule has 0 aliphatic rings. The van der Waals surface area contributed by atoms with Crippen molar-refractivity contribution in [2.75, 3.05) is 0 Å². The fourth-order valence-corrected chi connectivity index (χ4v) is 2.70. The molecule has 0 aliphatic carbocycles. The average Bonchev–Trinajstić information content (AvgIpc) is 2.56. The summed E-state index contributed by atoms with van der Waals surface area (Å²) >= 11 is 0. The van der Waals surface area contributed by atoms with Gasteiger partial charge in [0.05, 0.1) is 0 Å². The molecule has 1 aromatic rings. The Balaban J connectivity index is 2.01. The van der Waals surface area contributed by atoms with Crippen molar-refractivity contribution in [2.24, 2.45) is 0 Å². The van der Waals surface area contributed by atoms with E-state index in [4.69, 9.17) is 0 Å². The van der Waals surface area contributed by atoms with Gasteiger partial charge in [-0.05, 0) is 56.7 Å². The summed E-state index contributed by atoms with van der Waals surface area (Å²) in [4.78, 5) is 0. The van der Waals surface area contributed by atoms with Crippen LogP contribution >= 0.6 is 0 Å². The highest BCUT2D eigenvalue weighted by molar-refractivity contribution is 5.45. The topological polar surface area (TPSA) is 40.5 Å². The number of phenols is 2. The van der Waals surface area contributed by atoms with Gasteiger partial charge in [-0.2, -0.15) is 0 Å². The number of phenolic OH excluding ortho intramolecular Hbond substituents is 2. The van der Waals surface area contributed by atoms with Crippen molar-refractivity contribution in [3.63, 3.8) is 0 Å². The zero-order chi connectivity index (χ0) is 17.6. The zero-order valence-electron chi connectivity index (χ0n) is 15.4. The van der Waals surface area contributed by atoms with Crippen LogP contribution in [-0.4, -0.2) is 10.2 Å². The molecule has 0 atom stereocenters. The minimum absolute atomic E-state index is 0.197. The first-order valence-electron chi connectivity index (χ1n) is 9.48. The standard InChI is InChI=1S/C22H34O2/c1-3-4-5-6-7-8-9-10-11-12-13-14-15-16-20-17-21(23)19(2)22(24)18-20/h5-8,17-18,23-24H,3-4,9-16H2,1-2H3/b6-5+,8-7+. The minimum Gasteiger partial charge on any atom is -0.508 e. The average molecular weight is 331 g/mol. The van der Waals surface area contributed by atoms with Gasteiger partial charge >= 0.3 is 0 Å². The second-order valence-electron chi connectivity index (χ2n) is 6.56. The summed E-state index contributed by atoms with van der Waals surface area (Å²) in [5.74, 6) is 0.394. The Kier molecular flexibility index (Phi) is 10.8. The molecule has 24 heavy (non-hydrogen) atoms. The van der Waals surface area contributed by atoms with E-state index in [0.29, 0.717) is 5.56 Å². The Morgan fingerprint density at radius 2 is 1.33 bits per heavy atom. The van der Waals surface area contributed by atoms with E-state index in [2.05, 4.69) is 31.2 Å². The van der Waals surface area contributed by atoms with Crippen molar-refractivity contribution < 1.29 is 10.2 Å². The van der Waals surface area contributed by atoms with Crippen LogP contribution in [0.1, 0.15) is 75.8 Å². The number of allylic oxidation sites excluding steroid dienone is 4. The van der Waals surface area contributed by atoms with Gasteiger partial charge in [0, 0.05) is 5.56 Å². The van der Waals surface area contributed by atoms with Gasteiger partial charge in [0.1, 0.15) is 11.5 Å². The number of hydrogen-bond donors (Lipinski definition) is 2. The second kappa shape index (κ2) is 12.7. The largest absolute Gasteiger partial charge is 0.508 e. The molecular weight excluding hydrogens is 296 g/mol. The molecule has 2 N–H and O–H groups in total. The smallest absolute Gasteiger partial charge is 0.122 e. The van der Waals surface area contributed by atoms with Crippen LogP contribution in [0, 0.1) is 6.92 Å². The molecule has 2 heteroatoms. The van der Waals surface area contributed by atoms with E-state index in [0.717, 1.165) is 18.4 Å². The van der Waals surface area contributed by atoms with Crippen molar-refractivity contribution in [2.45, 2.75) is 78.1 Å². The maximum Gasteiger partial charge on any atom is 0.122 e. The van der Waals surface area contributed by atoms with Crippen molar-refractivity contribution in [3.8, 4) is 11.5 Å². The molecule has 1 rings (SSSR count). The van der Waals surface area contributed by atoms with Crippen LogP contribution in [0.5, 0.6) is 11.5 Å². The molecule has 0 bridgehead atoms. The van der Waals surface area contributed by atoms with E-state index in [1.54, 1.807) is 19.1 Å². The molecular formula is C22H34O2. The molecule has 1 aromatic carbocycles. The summed E-state index contributed by atoms with van der Waals surface area (Å²) in [5, 5.41) is 19.4. The van der Waals surface area contributed by atoms with Gasteiger partial charge in [0.15, 0.2) is 0 Å². The fourth-order valence-electron chi connectivity index (χ4n) is 2.70. The zero-order valence-corrected chi connectivity index (χ0v) is 15.4. The SMILES string of the molecule is CCC/C=C/C=C/CCCCCCCCc1cc(O)c(C)c(O)c1. The van der Waals surface area contributed by atoms with Crippen molar-refractivity contribution in [1.82, 2.24) is 0 Å². The van der Waals surface area contributed by atoms with Crippen LogP contribution in [-0.2, 0) is 6.42 Å². The van der Waals surface area contributed by atoms with Crippen LogP contribution in [0.3, 0.4) is 0 Å². The summed E-state index contributed by atoms with van der Waals surface area (Å²) in [5.41, 5.74) is 1.59. The van der Waals surface area contributed by atoms with Gasteiger partial charge < -0.3 is 10.2 Å². The lowest BCUT2D eigenvalue weighted by Crippen LogP contribution is -1.88. The molecule has 0 saturated carbocycles. The lowest BCUT2D eigenvalue weighted by molar-refractivity contribution is 0.441. The fraction of sp³-hybridized carbons (Fsp3) is 0.545. The third-order valence-corrected chi connectivity index (χ3v) is 4.34. The van der Waals surface area contributed by atoms with E-state index < -0.39 is 0 Å². The van der Waals surface area contributed by atoms with Gasteiger partial charge in [0.25, 0.3) is 0 Å². The summed E-state index contributed by atoms with van der Waals surface area (Å²) in [6.07, 6.45) is 20.8. The van der Waals surface area contributed by atoms with E-state index in [1.807, 2.05) is 0 Å². The molecule has 0 unspecified atom stereocenters. The lowest BCUT2D eigenvalue weighted by atomic mass is 10.0. The summed E-state index contributed by atoms with van der Waals surface area (Å²) in [7, 11) is 0. The molecule has 0 aliphatic heterocycles. The summed E-state index contributed by atoms with van der Waals surface area (Å²) in [6, 6.07) is 3.55. The third-order valence-electron chi connectivity index (χ3n) is 4.34. The number of aromatic hydroxyl groups is 2. The van der Waals surface area contributed by atoms with E-state index in [1.165, 1.54) is 51.4 Å². The molecule has 0 spiro atoms. The van der Waals surface area contributed by atoms with Crippen LogP contribution in [0.25, 0.3) is 0 Å².